The third-order valence-corrected chi connectivity index (χ3v) is 4.73. The number of anilines is 1. The van der Waals surface area contributed by atoms with Gasteiger partial charge in [0.05, 0.1) is 32.1 Å². The van der Waals surface area contributed by atoms with Crippen molar-refractivity contribution in [3.8, 4) is 5.19 Å². The molecule has 2 atom stereocenters. The van der Waals surface area contributed by atoms with Gasteiger partial charge in [-0.1, -0.05) is 5.10 Å². The molecule has 3 heterocycles. The first-order valence-corrected chi connectivity index (χ1v) is 8.61. The summed E-state index contributed by atoms with van der Waals surface area (Å²) >= 11 is 1.16. The van der Waals surface area contributed by atoms with Gasteiger partial charge < -0.3 is 14.8 Å². The molecule has 3 rings (SSSR count). The average Bonchev–Trinajstić information content (AvgIpc) is 3.21. The number of rotatable bonds is 5. The topological polar surface area (TPSA) is 106 Å². The fraction of sp³-hybridized carbons (Fsp3) is 0.571. The van der Waals surface area contributed by atoms with Crippen molar-refractivity contribution in [3.63, 3.8) is 0 Å². The quantitative estimate of drug-likeness (QED) is 0.791. The fourth-order valence-electron chi connectivity index (χ4n) is 2.77. The summed E-state index contributed by atoms with van der Waals surface area (Å²) in [5.74, 6) is 0. The molecular formula is C14H21N7O3S. The first-order chi connectivity index (χ1) is 12.1. The highest BCUT2D eigenvalue weighted by molar-refractivity contribution is 7.17. The van der Waals surface area contributed by atoms with Crippen LogP contribution in [0.25, 0.3) is 0 Å². The maximum absolute atomic E-state index is 12.1. The summed E-state index contributed by atoms with van der Waals surface area (Å²) in [6.45, 7) is 1.81. The first-order valence-electron chi connectivity index (χ1n) is 7.79. The van der Waals surface area contributed by atoms with Gasteiger partial charge in [-0.05, 0) is 18.4 Å². The Kier molecular flexibility index (Phi) is 5.46. The number of aromatic nitrogens is 4. The lowest BCUT2D eigenvalue weighted by atomic mass is 10.0. The molecule has 1 saturated heterocycles. The Hall–Kier alpha value is -2.24. The molecule has 2 aromatic rings. The number of amides is 2. The van der Waals surface area contributed by atoms with E-state index in [0.29, 0.717) is 23.5 Å². The number of carbonyl (C=O) groups is 1. The molecule has 0 spiro atoms. The number of hydrogen-bond donors (Lipinski definition) is 2. The van der Waals surface area contributed by atoms with Crippen LogP contribution in [0.1, 0.15) is 11.6 Å². The first kappa shape index (κ1) is 17.6. The van der Waals surface area contributed by atoms with Crippen molar-refractivity contribution in [2.75, 3.05) is 39.2 Å². The molecule has 1 fully saturated rings. The summed E-state index contributed by atoms with van der Waals surface area (Å²) in [4.78, 5) is 14.3. The van der Waals surface area contributed by atoms with E-state index >= 15 is 0 Å². The van der Waals surface area contributed by atoms with E-state index in [-0.39, 0.29) is 18.2 Å². The minimum absolute atomic E-state index is 0.0318. The minimum atomic E-state index is -0.361. The number of ether oxygens (including phenoxy) is 2. The molecule has 0 unspecified atom stereocenters. The van der Waals surface area contributed by atoms with Gasteiger partial charge in [0.25, 0.3) is 5.19 Å². The molecule has 0 aromatic carbocycles. The summed E-state index contributed by atoms with van der Waals surface area (Å²) in [6, 6.07) is -0.329. The van der Waals surface area contributed by atoms with Crippen LogP contribution >= 0.6 is 11.3 Å². The zero-order valence-corrected chi connectivity index (χ0v) is 15.1. The van der Waals surface area contributed by atoms with Gasteiger partial charge in [-0.2, -0.15) is 5.10 Å². The lowest BCUT2D eigenvalue weighted by molar-refractivity contribution is -0.0600. The lowest BCUT2D eigenvalue weighted by Gasteiger charge is -2.38. The summed E-state index contributed by atoms with van der Waals surface area (Å²) < 4.78 is 12.6. The number of aryl methyl sites for hydroxylation is 1. The van der Waals surface area contributed by atoms with Gasteiger partial charge in [-0.15, -0.1) is 5.10 Å². The maximum atomic E-state index is 12.1. The number of likely N-dealkylation sites (N-methyl/N-ethyl adjacent to an activating group) is 1. The Morgan fingerprint density at radius 2 is 2.32 bits per heavy atom. The van der Waals surface area contributed by atoms with Gasteiger partial charge in [-0.25, -0.2) is 4.79 Å². The summed E-state index contributed by atoms with van der Waals surface area (Å²) in [5, 5.41) is 18.0. The van der Waals surface area contributed by atoms with Crippen LogP contribution in [0.15, 0.2) is 12.4 Å². The van der Waals surface area contributed by atoms with Crippen LogP contribution in [0.2, 0.25) is 0 Å². The molecule has 25 heavy (non-hydrogen) atoms. The van der Waals surface area contributed by atoms with Crippen molar-refractivity contribution in [3.05, 3.63) is 18.0 Å². The second-order valence-electron chi connectivity index (χ2n) is 5.69. The van der Waals surface area contributed by atoms with E-state index in [1.165, 1.54) is 7.11 Å². The van der Waals surface area contributed by atoms with E-state index in [0.717, 1.165) is 23.4 Å². The van der Waals surface area contributed by atoms with Crippen LogP contribution in [-0.2, 0) is 11.8 Å². The van der Waals surface area contributed by atoms with Crippen molar-refractivity contribution in [1.29, 1.82) is 0 Å². The molecule has 0 bridgehead atoms. The summed E-state index contributed by atoms with van der Waals surface area (Å²) in [7, 11) is 5.42. The third kappa shape index (κ3) is 4.24. The third-order valence-electron chi connectivity index (χ3n) is 3.93. The molecule has 0 saturated carbocycles. The number of carbonyl (C=O) groups excluding carboxylic acids is 1. The molecule has 10 nitrogen and oxygen atoms in total. The molecule has 0 radical (unpaired) electrons. The number of nitrogens with one attached hydrogen (secondary N) is 2. The van der Waals surface area contributed by atoms with Crippen molar-refractivity contribution in [1.82, 2.24) is 30.2 Å². The Morgan fingerprint density at radius 3 is 3.00 bits per heavy atom. The van der Waals surface area contributed by atoms with Crippen LogP contribution in [-0.4, -0.2) is 70.9 Å². The smallest absolute Gasteiger partial charge is 0.321 e. The summed E-state index contributed by atoms with van der Waals surface area (Å²) in [6.07, 6.45) is 3.63. The fourth-order valence-corrected chi connectivity index (χ4v) is 3.33. The second-order valence-corrected chi connectivity index (χ2v) is 6.63. The van der Waals surface area contributed by atoms with Crippen molar-refractivity contribution >= 4 is 22.5 Å². The van der Waals surface area contributed by atoms with Crippen molar-refractivity contribution < 1.29 is 14.3 Å². The Morgan fingerprint density at radius 1 is 1.48 bits per heavy atom. The molecule has 1 aliphatic rings. The maximum Gasteiger partial charge on any atom is 0.321 e. The van der Waals surface area contributed by atoms with E-state index in [1.54, 1.807) is 4.68 Å². The van der Waals surface area contributed by atoms with E-state index in [4.69, 9.17) is 9.47 Å². The minimum Gasteiger partial charge on any atom is -0.472 e. The average molecular weight is 367 g/mol. The van der Waals surface area contributed by atoms with Gasteiger partial charge in [0.2, 0.25) is 5.13 Å². The number of nitrogens with zero attached hydrogens (tertiary/aromatic N) is 5. The van der Waals surface area contributed by atoms with E-state index in [1.807, 2.05) is 26.5 Å². The van der Waals surface area contributed by atoms with Crippen molar-refractivity contribution in [2.24, 2.45) is 7.05 Å². The van der Waals surface area contributed by atoms with Gasteiger partial charge in [0.1, 0.15) is 0 Å². The molecule has 2 N–H and O–H groups in total. The van der Waals surface area contributed by atoms with Gasteiger partial charge in [0.15, 0.2) is 0 Å². The predicted octanol–water partition coefficient (Wildman–Crippen LogP) is 0.474. The summed E-state index contributed by atoms with van der Waals surface area (Å²) in [5.41, 5.74) is 1.06. The second kappa shape index (κ2) is 7.76. The molecule has 0 aliphatic carbocycles. The van der Waals surface area contributed by atoms with Crippen LogP contribution in [0, 0.1) is 0 Å². The van der Waals surface area contributed by atoms with Crippen LogP contribution in [0.3, 0.4) is 0 Å². The molecular weight excluding hydrogens is 346 g/mol. The van der Waals surface area contributed by atoms with E-state index in [9.17, 15) is 4.79 Å². The zero-order valence-electron chi connectivity index (χ0n) is 14.3. The number of hydrogen-bond acceptors (Lipinski definition) is 8. The van der Waals surface area contributed by atoms with Crippen LogP contribution in [0.5, 0.6) is 5.19 Å². The van der Waals surface area contributed by atoms with Gasteiger partial charge >= 0.3 is 6.03 Å². The molecule has 1 aliphatic heterocycles. The Balaban J connectivity index is 1.59. The van der Waals surface area contributed by atoms with E-state index in [2.05, 4.69) is 30.8 Å². The number of methoxy groups -OCH3 is 1. The highest BCUT2D eigenvalue weighted by Gasteiger charge is 2.32. The Labute approximate surface area is 149 Å². The highest BCUT2D eigenvalue weighted by Crippen LogP contribution is 2.27. The largest absolute Gasteiger partial charge is 0.472 e. The standard InChI is InChI=1S/C14H21N7O3S/c1-20-4-5-24-10(11(20)9-6-16-21(2)8-9)7-15-12(22)17-13-18-19-14(23-3)25-13/h6,8,10-11H,4-5,7H2,1-3H3,(H2,15,17,18,22)/t10-,11-/m0/s1. The monoisotopic (exact) mass is 367 g/mol. The highest BCUT2D eigenvalue weighted by atomic mass is 32.1. The molecule has 2 aromatic heterocycles. The Bertz CT molecular complexity index is 719. The van der Waals surface area contributed by atoms with Crippen LogP contribution in [0.4, 0.5) is 9.93 Å². The number of morpholine rings is 1. The van der Waals surface area contributed by atoms with Gasteiger partial charge in [0, 0.05) is 31.9 Å². The number of urea groups is 1. The lowest BCUT2D eigenvalue weighted by Crippen LogP contribution is -2.48. The SMILES string of the molecule is COc1nnc(NC(=O)NC[C@@H]2OCCN(C)[C@H]2c2cnn(C)c2)s1. The predicted molar refractivity (Wildman–Crippen MR) is 91.8 cm³/mol. The normalized spacial score (nSPS) is 21.1. The van der Waals surface area contributed by atoms with Crippen LogP contribution < -0.4 is 15.4 Å². The molecule has 11 heteroatoms. The van der Waals surface area contributed by atoms with E-state index < -0.39 is 0 Å². The molecule has 2 amide bonds. The molecule has 136 valence electrons. The van der Waals surface area contributed by atoms with Crippen molar-refractivity contribution in [2.45, 2.75) is 12.1 Å². The zero-order chi connectivity index (χ0) is 17.8. The van der Waals surface area contributed by atoms with Gasteiger partial charge in [-0.3, -0.25) is 14.9 Å².